The highest BCUT2D eigenvalue weighted by Crippen LogP contribution is 2.31. The molecule has 0 bridgehead atoms. The number of nitrogens with zero attached hydrogens (tertiary/aromatic N) is 7. The average molecular weight is 433 g/mol. The highest BCUT2D eigenvalue weighted by molar-refractivity contribution is 5.91. The molecule has 1 fully saturated rings. The van der Waals surface area contributed by atoms with Crippen molar-refractivity contribution in [1.82, 2.24) is 34.6 Å². The Bertz CT molecular complexity index is 1130. The summed E-state index contributed by atoms with van der Waals surface area (Å²) in [6, 6.07) is 5.59. The molecule has 0 saturated carbocycles. The molecule has 166 valence electrons. The lowest BCUT2D eigenvalue weighted by atomic mass is 9.98. The summed E-state index contributed by atoms with van der Waals surface area (Å²) < 4.78 is 1.73. The van der Waals surface area contributed by atoms with Gasteiger partial charge in [-0.15, -0.1) is 0 Å². The fraction of sp³-hybridized carbons (Fsp3) is 0.391. The van der Waals surface area contributed by atoms with Gasteiger partial charge in [0.15, 0.2) is 0 Å². The summed E-state index contributed by atoms with van der Waals surface area (Å²) in [7, 11) is 1.85. The summed E-state index contributed by atoms with van der Waals surface area (Å²) in [5.41, 5.74) is 3.47. The van der Waals surface area contributed by atoms with E-state index in [0.717, 1.165) is 42.0 Å². The smallest absolute Gasteiger partial charge is 0.247 e. The van der Waals surface area contributed by atoms with Crippen LogP contribution in [0.3, 0.4) is 0 Å². The van der Waals surface area contributed by atoms with Gasteiger partial charge in [-0.05, 0) is 58.2 Å². The molecule has 4 rings (SSSR count). The van der Waals surface area contributed by atoms with Crippen molar-refractivity contribution in [3.05, 3.63) is 59.1 Å². The number of hydrogen-bond acceptors (Lipinski definition) is 7. The maximum absolute atomic E-state index is 13.1. The second kappa shape index (κ2) is 9.25. The van der Waals surface area contributed by atoms with Crippen molar-refractivity contribution in [3.63, 3.8) is 0 Å². The molecule has 0 spiro atoms. The predicted molar refractivity (Wildman–Crippen MR) is 122 cm³/mol. The minimum Gasteiger partial charge on any atom is -0.331 e. The van der Waals surface area contributed by atoms with Gasteiger partial charge in [0, 0.05) is 43.3 Å². The predicted octanol–water partition coefficient (Wildman–Crippen LogP) is 3.44. The van der Waals surface area contributed by atoms with Gasteiger partial charge in [0.05, 0.1) is 17.4 Å². The van der Waals surface area contributed by atoms with Crippen molar-refractivity contribution in [2.24, 2.45) is 7.05 Å². The maximum atomic E-state index is 13.1. The third-order valence-electron chi connectivity index (χ3n) is 5.46. The fourth-order valence-corrected chi connectivity index (χ4v) is 4.02. The third kappa shape index (κ3) is 4.99. The van der Waals surface area contributed by atoms with Crippen molar-refractivity contribution >= 4 is 23.7 Å². The first-order chi connectivity index (χ1) is 15.4. The van der Waals surface area contributed by atoms with Gasteiger partial charge in [-0.1, -0.05) is 0 Å². The number of rotatable bonds is 5. The number of nitrogens with one attached hydrogen (secondary N) is 1. The van der Waals surface area contributed by atoms with E-state index in [1.165, 1.54) is 0 Å². The SMILES string of the molecule is Cc1cc(C)nc(Nc2cc([C@H]3CCCCN3C(=O)/C=C/c3ccnn3C)nc(C)n2)n1. The summed E-state index contributed by atoms with van der Waals surface area (Å²) in [6.45, 7) is 6.42. The Morgan fingerprint density at radius 2 is 1.88 bits per heavy atom. The van der Waals surface area contributed by atoms with Gasteiger partial charge in [-0.3, -0.25) is 9.48 Å². The zero-order chi connectivity index (χ0) is 22.7. The Morgan fingerprint density at radius 1 is 1.09 bits per heavy atom. The monoisotopic (exact) mass is 432 g/mol. The van der Waals surface area contributed by atoms with E-state index in [2.05, 4.69) is 30.4 Å². The highest BCUT2D eigenvalue weighted by Gasteiger charge is 2.28. The normalized spacial score (nSPS) is 16.5. The molecule has 0 aromatic carbocycles. The quantitative estimate of drug-likeness (QED) is 0.616. The van der Waals surface area contributed by atoms with Gasteiger partial charge < -0.3 is 10.2 Å². The fourth-order valence-electron chi connectivity index (χ4n) is 4.02. The largest absolute Gasteiger partial charge is 0.331 e. The van der Waals surface area contributed by atoms with E-state index >= 15 is 0 Å². The number of likely N-dealkylation sites (tertiary alicyclic amines) is 1. The second-order valence-corrected chi connectivity index (χ2v) is 8.08. The molecule has 1 atom stereocenters. The van der Waals surface area contributed by atoms with Crippen LogP contribution < -0.4 is 5.32 Å². The molecule has 9 heteroatoms. The second-order valence-electron chi connectivity index (χ2n) is 8.08. The van der Waals surface area contributed by atoms with E-state index in [1.54, 1.807) is 23.0 Å². The van der Waals surface area contributed by atoms with Crippen LogP contribution in [-0.4, -0.2) is 47.1 Å². The molecule has 1 N–H and O–H groups in total. The Hall–Kier alpha value is -3.62. The maximum Gasteiger partial charge on any atom is 0.247 e. The van der Waals surface area contributed by atoms with Crippen molar-refractivity contribution < 1.29 is 4.79 Å². The molecule has 1 aliphatic heterocycles. The summed E-state index contributed by atoms with van der Waals surface area (Å²) >= 11 is 0. The summed E-state index contributed by atoms with van der Waals surface area (Å²) in [6.07, 6.45) is 8.02. The average Bonchev–Trinajstić information content (AvgIpc) is 3.15. The minimum atomic E-state index is -0.102. The molecule has 0 unspecified atom stereocenters. The van der Waals surface area contributed by atoms with Gasteiger partial charge in [0.25, 0.3) is 0 Å². The van der Waals surface area contributed by atoms with E-state index < -0.39 is 0 Å². The van der Waals surface area contributed by atoms with E-state index in [4.69, 9.17) is 0 Å². The van der Waals surface area contributed by atoms with Crippen LogP contribution in [0.1, 0.15) is 53.9 Å². The highest BCUT2D eigenvalue weighted by atomic mass is 16.2. The molecule has 0 radical (unpaired) electrons. The number of hydrogen-bond donors (Lipinski definition) is 1. The lowest BCUT2D eigenvalue weighted by Gasteiger charge is -2.35. The third-order valence-corrected chi connectivity index (χ3v) is 5.46. The summed E-state index contributed by atoms with van der Waals surface area (Å²) in [5, 5.41) is 7.34. The van der Waals surface area contributed by atoms with Crippen LogP contribution in [0.15, 0.2) is 30.5 Å². The molecule has 3 aromatic heterocycles. The molecule has 0 aliphatic carbocycles. The molecule has 32 heavy (non-hydrogen) atoms. The van der Waals surface area contributed by atoms with Crippen LogP contribution in [0.5, 0.6) is 0 Å². The Kier molecular flexibility index (Phi) is 6.25. The zero-order valence-electron chi connectivity index (χ0n) is 18.9. The van der Waals surface area contributed by atoms with Crippen molar-refractivity contribution in [1.29, 1.82) is 0 Å². The molecule has 4 heterocycles. The molecular formula is C23H28N8O. The van der Waals surface area contributed by atoms with Gasteiger partial charge in [-0.2, -0.15) is 5.10 Å². The lowest BCUT2D eigenvalue weighted by Crippen LogP contribution is -2.38. The number of amides is 1. The first kappa shape index (κ1) is 21.6. The summed E-state index contributed by atoms with van der Waals surface area (Å²) in [4.78, 5) is 33.0. The first-order valence-electron chi connectivity index (χ1n) is 10.8. The minimum absolute atomic E-state index is 0.0284. The molecular weight excluding hydrogens is 404 g/mol. The van der Waals surface area contributed by atoms with Crippen LogP contribution >= 0.6 is 0 Å². The van der Waals surface area contributed by atoms with E-state index in [-0.39, 0.29) is 11.9 Å². The first-order valence-corrected chi connectivity index (χ1v) is 10.8. The molecule has 1 aliphatic rings. The van der Waals surface area contributed by atoms with Crippen LogP contribution in [0.2, 0.25) is 0 Å². The van der Waals surface area contributed by atoms with Crippen LogP contribution in [0, 0.1) is 20.8 Å². The Morgan fingerprint density at radius 3 is 2.59 bits per heavy atom. The molecule has 1 amide bonds. The van der Waals surface area contributed by atoms with Crippen molar-refractivity contribution in [3.8, 4) is 0 Å². The van der Waals surface area contributed by atoms with Crippen LogP contribution in [0.25, 0.3) is 6.08 Å². The number of carbonyl (C=O) groups is 1. The number of aromatic nitrogens is 6. The number of aryl methyl sites for hydroxylation is 4. The van der Waals surface area contributed by atoms with Gasteiger partial charge in [-0.25, -0.2) is 19.9 Å². The van der Waals surface area contributed by atoms with Crippen molar-refractivity contribution in [2.75, 3.05) is 11.9 Å². The number of carbonyl (C=O) groups excluding carboxylic acids is 1. The molecule has 1 saturated heterocycles. The van der Waals surface area contributed by atoms with Crippen LogP contribution in [-0.2, 0) is 11.8 Å². The van der Waals surface area contributed by atoms with Gasteiger partial charge >= 0.3 is 0 Å². The van der Waals surface area contributed by atoms with Gasteiger partial charge in [0.1, 0.15) is 11.6 Å². The molecule has 9 nitrogen and oxygen atoms in total. The Balaban J connectivity index is 1.58. The van der Waals surface area contributed by atoms with E-state index in [0.29, 0.717) is 24.1 Å². The van der Waals surface area contributed by atoms with Crippen molar-refractivity contribution in [2.45, 2.75) is 46.1 Å². The summed E-state index contributed by atoms with van der Waals surface area (Å²) in [5.74, 6) is 1.74. The van der Waals surface area contributed by atoms with E-state index in [9.17, 15) is 4.79 Å². The topological polar surface area (TPSA) is 102 Å². The van der Waals surface area contributed by atoms with Crippen LogP contribution in [0.4, 0.5) is 11.8 Å². The Labute approximate surface area is 187 Å². The number of anilines is 2. The molecule has 3 aromatic rings. The lowest BCUT2D eigenvalue weighted by molar-refractivity contribution is -0.129. The standard InChI is InChI=1S/C23H28N8O/c1-15-13-16(2)26-23(25-15)29-21-14-19(27-17(3)28-21)20-7-5-6-12-31(20)22(32)9-8-18-10-11-24-30(18)4/h8-11,13-14,20H,5-7,12H2,1-4H3,(H,25,26,27,28,29)/b9-8+/t20-/m1/s1. The zero-order valence-corrected chi connectivity index (χ0v) is 18.9. The van der Waals surface area contributed by atoms with Gasteiger partial charge in [0.2, 0.25) is 11.9 Å². The van der Waals surface area contributed by atoms with E-state index in [1.807, 2.05) is 50.9 Å². The number of piperidine rings is 1.